The van der Waals surface area contributed by atoms with E-state index in [1.807, 2.05) is 0 Å². The van der Waals surface area contributed by atoms with E-state index in [4.69, 9.17) is 17.3 Å². The molecule has 2 rings (SSSR count). The van der Waals surface area contributed by atoms with Crippen LogP contribution in [0.3, 0.4) is 0 Å². The third-order valence-electron chi connectivity index (χ3n) is 2.61. The second-order valence-corrected chi connectivity index (χ2v) is 5.46. The molecule has 6 heteroatoms. The Morgan fingerprint density at radius 3 is 2.95 bits per heavy atom. The van der Waals surface area contributed by atoms with Crippen molar-refractivity contribution in [1.29, 1.82) is 0 Å². The molecular formula is C15H12ClFN2OS. The molecule has 0 aliphatic carbocycles. The van der Waals surface area contributed by atoms with Gasteiger partial charge in [-0.2, -0.15) is 0 Å². The van der Waals surface area contributed by atoms with Crippen molar-refractivity contribution in [2.24, 2.45) is 5.73 Å². The van der Waals surface area contributed by atoms with Crippen LogP contribution >= 0.6 is 22.9 Å². The SMILES string of the molecule is NCC#Cc1cc(C(=O)NCc2ccc(F)c(Cl)c2)cs1. The summed E-state index contributed by atoms with van der Waals surface area (Å²) in [5.74, 6) is 4.91. The number of amides is 1. The van der Waals surface area contributed by atoms with E-state index in [2.05, 4.69) is 17.2 Å². The number of rotatable bonds is 3. The minimum atomic E-state index is -0.479. The number of nitrogens with two attached hydrogens (primary N) is 1. The Morgan fingerprint density at radius 2 is 2.24 bits per heavy atom. The molecule has 21 heavy (non-hydrogen) atoms. The Kier molecular flexibility index (Phi) is 5.34. The summed E-state index contributed by atoms with van der Waals surface area (Å²) < 4.78 is 13.0. The first-order valence-electron chi connectivity index (χ1n) is 6.09. The molecule has 1 heterocycles. The van der Waals surface area contributed by atoms with E-state index in [1.165, 1.54) is 23.5 Å². The van der Waals surface area contributed by atoms with E-state index in [1.54, 1.807) is 17.5 Å². The molecule has 1 amide bonds. The molecule has 0 unspecified atom stereocenters. The standard InChI is InChI=1S/C15H12ClFN2OS/c16-13-6-10(3-4-14(13)17)8-19-15(20)11-7-12(21-9-11)2-1-5-18/h3-4,6-7,9H,5,8,18H2,(H,19,20). The number of nitrogens with one attached hydrogen (secondary N) is 1. The summed E-state index contributed by atoms with van der Waals surface area (Å²) in [4.78, 5) is 12.8. The zero-order valence-electron chi connectivity index (χ0n) is 11.0. The Bertz CT molecular complexity index is 718. The molecule has 0 saturated carbocycles. The average Bonchev–Trinajstić information content (AvgIpc) is 2.95. The maximum atomic E-state index is 13.0. The van der Waals surface area contributed by atoms with Crippen molar-refractivity contribution < 1.29 is 9.18 Å². The lowest BCUT2D eigenvalue weighted by Crippen LogP contribution is -2.22. The lowest BCUT2D eigenvalue weighted by molar-refractivity contribution is 0.0951. The molecule has 0 aliphatic heterocycles. The van der Waals surface area contributed by atoms with E-state index in [0.717, 1.165) is 10.4 Å². The molecule has 3 nitrogen and oxygen atoms in total. The van der Waals surface area contributed by atoms with Gasteiger partial charge in [-0.05, 0) is 23.8 Å². The van der Waals surface area contributed by atoms with E-state index in [9.17, 15) is 9.18 Å². The molecule has 3 N–H and O–H groups in total. The predicted molar refractivity (Wildman–Crippen MR) is 82.8 cm³/mol. The minimum Gasteiger partial charge on any atom is -0.348 e. The molecule has 0 fully saturated rings. The van der Waals surface area contributed by atoms with Crippen LogP contribution < -0.4 is 11.1 Å². The molecule has 0 radical (unpaired) electrons. The number of hydrogen-bond acceptors (Lipinski definition) is 3. The van der Waals surface area contributed by atoms with Crippen LogP contribution in [0.4, 0.5) is 4.39 Å². The Balaban J connectivity index is 1.98. The molecule has 0 saturated heterocycles. The highest BCUT2D eigenvalue weighted by atomic mass is 35.5. The zero-order chi connectivity index (χ0) is 15.2. The first-order valence-corrected chi connectivity index (χ1v) is 7.35. The van der Waals surface area contributed by atoms with Crippen molar-refractivity contribution in [2.75, 3.05) is 6.54 Å². The van der Waals surface area contributed by atoms with Gasteiger partial charge in [-0.15, -0.1) is 11.3 Å². The maximum absolute atomic E-state index is 13.0. The van der Waals surface area contributed by atoms with Gasteiger partial charge < -0.3 is 11.1 Å². The molecule has 0 aliphatic rings. The van der Waals surface area contributed by atoms with Crippen molar-refractivity contribution >= 4 is 28.8 Å². The summed E-state index contributed by atoms with van der Waals surface area (Å²) in [6.07, 6.45) is 0. The van der Waals surface area contributed by atoms with E-state index >= 15 is 0 Å². The van der Waals surface area contributed by atoms with E-state index in [-0.39, 0.29) is 24.0 Å². The van der Waals surface area contributed by atoms with Gasteiger partial charge in [0.15, 0.2) is 0 Å². The fraction of sp³-hybridized carbons (Fsp3) is 0.133. The van der Waals surface area contributed by atoms with Crippen molar-refractivity contribution in [3.63, 3.8) is 0 Å². The number of carbonyl (C=O) groups is 1. The Morgan fingerprint density at radius 1 is 1.43 bits per heavy atom. The average molecular weight is 323 g/mol. The predicted octanol–water partition coefficient (Wildman–Crippen LogP) is 2.78. The molecule has 0 spiro atoms. The largest absolute Gasteiger partial charge is 0.348 e. The van der Waals surface area contributed by atoms with Crippen molar-refractivity contribution in [3.05, 3.63) is 56.5 Å². The number of benzene rings is 1. The molecule has 0 bridgehead atoms. The van der Waals surface area contributed by atoms with E-state index < -0.39 is 5.82 Å². The number of hydrogen-bond donors (Lipinski definition) is 2. The fourth-order valence-corrected chi connectivity index (χ4v) is 2.55. The molecule has 108 valence electrons. The molecule has 2 aromatic rings. The summed E-state index contributed by atoms with van der Waals surface area (Å²) >= 11 is 7.07. The highest BCUT2D eigenvalue weighted by Crippen LogP contribution is 2.16. The summed E-state index contributed by atoms with van der Waals surface area (Å²) in [6, 6.07) is 6.05. The normalized spacial score (nSPS) is 9.86. The third kappa shape index (κ3) is 4.30. The highest BCUT2D eigenvalue weighted by molar-refractivity contribution is 7.10. The topological polar surface area (TPSA) is 55.1 Å². The quantitative estimate of drug-likeness (QED) is 0.854. The van der Waals surface area contributed by atoms with Crippen LogP contribution in [0.2, 0.25) is 5.02 Å². The Hall–Kier alpha value is -1.87. The van der Waals surface area contributed by atoms with Crippen LogP contribution in [0.25, 0.3) is 0 Å². The van der Waals surface area contributed by atoms with Crippen LogP contribution in [0.5, 0.6) is 0 Å². The molecule has 0 atom stereocenters. The number of halogens is 2. The number of thiophene rings is 1. The van der Waals surface area contributed by atoms with Crippen LogP contribution in [-0.2, 0) is 6.54 Å². The fourth-order valence-electron chi connectivity index (χ4n) is 1.59. The second-order valence-electron chi connectivity index (χ2n) is 4.14. The van der Waals surface area contributed by atoms with Gasteiger partial charge >= 0.3 is 0 Å². The van der Waals surface area contributed by atoms with Crippen molar-refractivity contribution in [1.82, 2.24) is 5.32 Å². The summed E-state index contributed by atoms with van der Waals surface area (Å²) in [5.41, 5.74) is 6.56. The first kappa shape index (κ1) is 15.5. The second kappa shape index (κ2) is 7.23. The lowest BCUT2D eigenvalue weighted by atomic mass is 10.2. The molecule has 1 aromatic heterocycles. The highest BCUT2D eigenvalue weighted by Gasteiger charge is 2.08. The van der Waals surface area contributed by atoms with Gasteiger partial charge in [-0.25, -0.2) is 4.39 Å². The summed E-state index contributed by atoms with van der Waals surface area (Å²) in [6.45, 7) is 0.559. The van der Waals surface area contributed by atoms with Gasteiger partial charge in [-0.3, -0.25) is 4.79 Å². The van der Waals surface area contributed by atoms with Crippen LogP contribution in [0, 0.1) is 17.7 Å². The first-order chi connectivity index (χ1) is 10.1. The van der Waals surface area contributed by atoms with Crippen molar-refractivity contribution in [3.8, 4) is 11.8 Å². The smallest absolute Gasteiger partial charge is 0.252 e. The van der Waals surface area contributed by atoms with Gasteiger partial charge in [0, 0.05) is 11.9 Å². The van der Waals surface area contributed by atoms with Crippen LogP contribution in [0.15, 0.2) is 29.6 Å². The van der Waals surface area contributed by atoms with Gasteiger partial charge in [-0.1, -0.05) is 29.5 Å². The van der Waals surface area contributed by atoms with Crippen LogP contribution in [0.1, 0.15) is 20.8 Å². The van der Waals surface area contributed by atoms with Crippen molar-refractivity contribution in [2.45, 2.75) is 6.54 Å². The van der Waals surface area contributed by atoms with E-state index in [0.29, 0.717) is 5.56 Å². The van der Waals surface area contributed by atoms with Crippen LogP contribution in [-0.4, -0.2) is 12.5 Å². The summed E-state index contributed by atoms with van der Waals surface area (Å²) in [5, 5.41) is 4.51. The monoisotopic (exact) mass is 322 g/mol. The van der Waals surface area contributed by atoms with Gasteiger partial charge in [0.05, 0.1) is 22.0 Å². The zero-order valence-corrected chi connectivity index (χ0v) is 12.5. The lowest BCUT2D eigenvalue weighted by Gasteiger charge is -2.04. The summed E-state index contributed by atoms with van der Waals surface area (Å²) in [7, 11) is 0. The minimum absolute atomic E-state index is 0.0385. The molecular weight excluding hydrogens is 311 g/mol. The van der Waals surface area contributed by atoms with Gasteiger partial charge in [0.1, 0.15) is 5.82 Å². The third-order valence-corrected chi connectivity index (χ3v) is 3.75. The Labute approximate surface area is 130 Å². The van der Waals surface area contributed by atoms with Gasteiger partial charge in [0.25, 0.3) is 5.91 Å². The maximum Gasteiger partial charge on any atom is 0.252 e. The molecule has 1 aromatic carbocycles. The van der Waals surface area contributed by atoms with Gasteiger partial charge in [0.2, 0.25) is 0 Å². The number of carbonyl (C=O) groups excluding carboxylic acids is 1.